The predicted molar refractivity (Wildman–Crippen MR) is 111 cm³/mol. The summed E-state index contributed by atoms with van der Waals surface area (Å²) in [6, 6.07) is 0. The van der Waals surface area contributed by atoms with Gasteiger partial charge in [0.1, 0.15) is 5.76 Å². The minimum Gasteiger partial charge on any atom is -0.470 e. The van der Waals surface area contributed by atoms with E-state index in [4.69, 9.17) is 9.47 Å². The van der Waals surface area contributed by atoms with E-state index in [1.54, 1.807) is 0 Å². The Kier molecular flexibility index (Phi) is 8.26. The van der Waals surface area contributed by atoms with Crippen molar-refractivity contribution in [1.29, 1.82) is 0 Å². The van der Waals surface area contributed by atoms with Gasteiger partial charge in [0.15, 0.2) is 6.29 Å². The lowest BCUT2D eigenvalue weighted by atomic mass is 9.69. The van der Waals surface area contributed by atoms with E-state index in [9.17, 15) is 0 Å². The highest BCUT2D eigenvalue weighted by Crippen LogP contribution is 2.40. The maximum atomic E-state index is 6.15. The molecule has 1 saturated carbocycles. The smallest absolute Gasteiger partial charge is 0.196 e. The lowest BCUT2D eigenvalue weighted by molar-refractivity contribution is -0.109. The molecule has 0 N–H and O–H groups in total. The quantitative estimate of drug-likeness (QED) is 0.423. The molecule has 2 aliphatic rings. The van der Waals surface area contributed by atoms with Crippen LogP contribution in [0.25, 0.3) is 0 Å². The van der Waals surface area contributed by atoms with Gasteiger partial charge in [-0.3, -0.25) is 0 Å². The summed E-state index contributed by atoms with van der Waals surface area (Å²) in [5, 5.41) is 0. The predicted octanol–water partition coefficient (Wildman–Crippen LogP) is 7.26. The fraction of sp³-hybridized carbons (Fsp3) is 0.833. The molecule has 0 radical (unpaired) electrons. The minimum atomic E-state index is -0.142. The molecular formula is C24H42O2. The molecular weight excluding hydrogens is 320 g/mol. The Morgan fingerprint density at radius 3 is 2.38 bits per heavy atom. The lowest BCUT2D eigenvalue weighted by Gasteiger charge is -2.36. The van der Waals surface area contributed by atoms with E-state index in [1.807, 2.05) is 6.92 Å². The summed E-state index contributed by atoms with van der Waals surface area (Å²) in [6.07, 6.45) is 14.8. The summed E-state index contributed by atoms with van der Waals surface area (Å²) in [6.45, 7) is 14.6. The van der Waals surface area contributed by atoms with E-state index >= 15 is 0 Å². The van der Waals surface area contributed by atoms with Crippen molar-refractivity contribution in [3.63, 3.8) is 0 Å². The normalized spacial score (nSPS) is 22.0. The zero-order valence-corrected chi connectivity index (χ0v) is 18.1. The molecule has 26 heavy (non-hydrogen) atoms. The van der Waals surface area contributed by atoms with Crippen molar-refractivity contribution in [3.05, 3.63) is 23.5 Å². The monoisotopic (exact) mass is 362 g/mol. The van der Waals surface area contributed by atoms with Crippen LogP contribution in [0.3, 0.4) is 0 Å². The van der Waals surface area contributed by atoms with E-state index in [0.717, 1.165) is 31.1 Å². The Labute approximate surface area is 162 Å². The Balaban J connectivity index is 1.84. The van der Waals surface area contributed by atoms with Crippen LogP contribution in [0, 0.1) is 23.2 Å². The molecule has 0 heterocycles. The van der Waals surface area contributed by atoms with Crippen molar-refractivity contribution in [3.8, 4) is 0 Å². The van der Waals surface area contributed by atoms with Gasteiger partial charge in [-0.1, -0.05) is 72.8 Å². The van der Waals surface area contributed by atoms with Crippen LogP contribution >= 0.6 is 0 Å². The van der Waals surface area contributed by atoms with Gasteiger partial charge in [0.05, 0.1) is 6.61 Å². The number of hydrogen-bond acceptors (Lipinski definition) is 2. The van der Waals surface area contributed by atoms with Crippen LogP contribution in [0.4, 0.5) is 0 Å². The van der Waals surface area contributed by atoms with Gasteiger partial charge in [-0.15, -0.1) is 0 Å². The molecule has 2 aliphatic carbocycles. The third-order valence-electron chi connectivity index (χ3n) is 5.98. The Morgan fingerprint density at radius 1 is 1.08 bits per heavy atom. The van der Waals surface area contributed by atoms with Crippen molar-refractivity contribution in [1.82, 2.24) is 0 Å². The van der Waals surface area contributed by atoms with Crippen LogP contribution in [-0.2, 0) is 9.47 Å². The highest BCUT2D eigenvalue weighted by molar-refractivity contribution is 5.29. The molecule has 0 aromatic rings. The zero-order valence-electron chi connectivity index (χ0n) is 18.1. The van der Waals surface area contributed by atoms with Crippen LogP contribution in [0.5, 0.6) is 0 Å². The van der Waals surface area contributed by atoms with Crippen LogP contribution < -0.4 is 0 Å². The van der Waals surface area contributed by atoms with Crippen LogP contribution in [0.15, 0.2) is 23.5 Å². The highest BCUT2D eigenvalue weighted by atomic mass is 16.7. The maximum Gasteiger partial charge on any atom is 0.196 e. The molecule has 0 bridgehead atoms. The van der Waals surface area contributed by atoms with Crippen molar-refractivity contribution >= 4 is 0 Å². The van der Waals surface area contributed by atoms with Crippen molar-refractivity contribution in [2.24, 2.45) is 23.2 Å². The average molecular weight is 363 g/mol. The van der Waals surface area contributed by atoms with E-state index in [-0.39, 0.29) is 11.7 Å². The Morgan fingerprint density at radius 2 is 1.77 bits per heavy atom. The van der Waals surface area contributed by atoms with Gasteiger partial charge >= 0.3 is 0 Å². The summed E-state index contributed by atoms with van der Waals surface area (Å²) >= 11 is 0. The molecule has 2 rings (SSSR count). The molecule has 0 aromatic heterocycles. The first-order valence-electron chi connectivity index (χ1n) is 11.0. The first-order chi connectivity index (χ1) is 12.3. The molecule has 0 aliphatic heterocycles. The van der Waals surface area contributed by atoms with Crippen molar-refractivity contribution in [2.75, 3.05) is 6.61 Å². The van der Waals surface area contributed by atoms with Crippen LogP contribution in [0.1, 0.15) is 92.9 Å². The van der Waals surface area contributed by atoms with E-state index in [0.29, 0.717) is 11.8 Å². The molecule has 2 nitrogen and oxygen atoms in total. The van der Waals surface area contributed by atoms with Crippen molar-refractivity contribution in [2.45, 2.75) is 99.2 Å². The highest BCUT2D eigenvalue weighted by Gasteiger charge is 2.31. The van der Waals surface area contributed by atoms with E-state index < -0.39 is 0 Å². The summed E-state index contributed by atoms with van der Waals surface area (Å²) in [7, 11) is 0. The second-order valence-electron chi connectivity index (χ2n) is 9.79. The molecule has 0 spiro atoms. The van der Waals surface area contributed by atoms with Gasteiger partial charge in [0.2, 0.25) is 0 Å². The minimum absolute atomic E-state index is 0.142. The van der Waals surface area contributed by atoms with Gasteiger partial charge in [-0.2, -0.15) is 0 Å². The van der Waals surface area contributed by atoms with Crippen LogP contribution in [0.2, 0.25) is 0 Å². The second-order valence-corrected chi connectivity index (χ2v) is 9.79. The first kappa shape index (κ1) is 21.5. The third-order valence-corrected chi connectivity index (χ3v) is 5.98. The maximum absolute atomic E-state index is 6.15. The summed E-state index contributed by atoms with van der Waals surface area (Å²) < 4.78 is 12.1. The zero-order chi connectivity index (χ0) is 19.2. The molecule has 0 amide bonds. The van der Waals surface area contributed by atoms with Crippen molar-refractivity contribution < 1.29 is 9.47 Å². The Hall–Kier alpha value is -0.760. The number of allylic oxidation sites excluding steroid dienone is 4. The van der Waals surface area contributed by atoms with Gasteiger partial charge in [0.25, 0.3) is 0 Å². The molecule has 2 atom stereocenters. The van der Waals surface area contributed by atoms with Gasteiger partial charge in [-0.25, -0.2) is 0 Å². The molecule has 0 saturated heterocycles. The Bertz CT molecular complexity index is 475. The van der Waals surface area contributed by atoms with E-state index in [2.05, 4.69) is 46.8 Å². The summed E-state index contributed by atoms with van der Waals surface area (Å²) in [5.41, 5.74) is 1.71. The molecule has 2 heteroatoms. The van der Waals surface area contributed by atoms with E-state index in [1.165, 1.54) is 44.1 Å². The molecule has 1 fully saturated rings. The fourth-order valence-corrected chi connectivity index (χ4v) is 5.02. The van der Waals surface area contributed by atoms with Gasteiger partial charge < -0.3 is 9.47 Å². The summed E-state index contributed by atoms with van der Waals surface area (Å²) in [5.74, 6) is 3.16. The van der Waals surface area contributed by atoms with Crippen LogP contribution in [-0.4, -0.2) is 12.9 Å². The number of rotatable bonds is 8. The third kappa shape index (κ3) is 6.76. The second kappa shape index (κ2) is 9.97. The molecule has 150 valence electrons. The number of hydrogen-bond donors (Lipinski definition) is 0. The molecule has 0 aromatic carbocycles. The number of ether oxygens (including phenoxy) is 2. The van der Waals surface area contributed by atoms with Gasteiger partial charge in [0, 0.05) is 6.42 Å². The first-order valence-corrected chi connectivity index (χ1v) is 11.0. The fourth-order valence-electron chi connectivity index (χ4n) is 5.02. The molecule has 2 unspecified atom stereocenters. The van der Waals surface area contributed by atoms with Gasteiger partial charge in [-0.05, 0) is 54.6 Å². The average Bonchev–Trinajstić information content (AvgIpc) is 2.54. The largest absolute Gasteiger partial charge is 0.470 e. The topological polar surface area (TPSA) is 18.5 Å². The SMILES string of the molecule is CC(OCCC1CCCCC1)OC1=CC(C(C(C)C)C(C)(C)C)=CCC1. The summed E-state index contributed by atoms with van der Waals surface area (Å²) in [4.78, 5) is 0. The standard InChI is InChI=1S/C24H42O2/c1-18(2)23(24(4,5)6)21-13-10-14-22(17-21)26-19(3)25-16-15-20-11-8-7-9-12-20/h13,17-20,23H,7-12,14-16H2,1-6H3. The lowest BCUT2D eigenvalue weighted by Crippen LogP contribution is -2.27.